The Morgan fingerprint density at radius 3 is 1.27 bits per heavy atom. The first-order chi connectivity index (χ1) is 17.8. The molecule has 1 aromatic rings. The molecule has 7 rings (SSSR count). The summed E-state index contributed by atoms with van der Waals surface area (Å²) < 4.78 is 0. The van der Waals surface area contributed by atoms with E-state index < -0.39 is 15.8 Å². The van der Waals surface area contributed by atoms with Crippen molar-refractivity contribution in [2.24, 2.45) is 28.6 Å². The number of allylic oxidation sites excluding steroid dienone is 2. The van der Waals surface area contributed by atoms with Crippen LogP contribution in [0.25, 0.3) is 0 Å². The summed E-state index contributed by atoms with van der Waals surface area (Å²) in [5.74, 6) is 3.26. The third-order valence-electron chi connectivity index (χ3n) is 9.78. The summed E-state index contributed by atoms with van der Waals surface area (Å²) in [5, 5.41) is 9.04. The Bertz CT molecular complexity index is 1260. The molecule has 4 unspecified atom stereocenters. The molecule has 3 heterocycles. The summed E-state index contributed by atoms with van der Waals surface area (Å²) in [6.07, 6.45) is 9.73. The van der Waals surface area contributed by atoms with Crippen LogP contribution in [0.3, 0.4) is 0 Å². The predicted molar refractivity (Wildman–Crippen MR) is 202 cm³/mol. The van der Waals surface area contributed by atoms with Crippen LogP contribution in [0, 0.1) is 28.6 Å². The van der Waals surface area contributed by atoms with Crippen molar-refractivity contribution in [1.29, 1.82) is 0 Å². The van der Waals surface area contributed by atoms with Gasteiger partial charge in [-0.3, -0.25) is 0 Å². The van der Waals surface area contributed by atoms with E-state index in [0.29, 0.717) is 21.7 Å². The Kier molecular flexibility index (Phi) is 8.37. The molecule has 11 heteroatoms. The SMILES string of the molecule is CC(C)(C)C1=C(C(C)(C)C)[P+]2(C34CC5CC(CC(C5)C3)C4)P1p1c(C(C)(C)C)c(C(C)(C)C)p12.[Cl][Sb-]([Cl])([Cl])([Cl])([Cl])[Cl]. The minimum absolute atomic E-state index is 0.137. The Hall–Kier alpha value is 3.50. The molecular formula is C30H51Cl6P4Sb. The quantitative estimate of drug-likeness (QED) is 0.195. The summed E-state index contributed by atoms with van der Waals surface area (Å²) >= 11 is 0. The van der Waals surface area contributed by atoms with Crippen molar-refractivity contribution < 1.29 is 0 Å². The van der Waals surface area contributed by atoms with E-state index in [2.05, 4.69) is 99.0 Å². The molecule has 4 fully saturated rings. The Labute approximate surface area is 274 Å². The molecule has 0 N–H and O–H groups in total. The second-order valence-corrected chi connectivity index (χ2v) is 95.1. The van der Waals surface area contributed by atoms with E-state index in [0.717, 1.165) is 22.9 Å². The van der Waals surface area contributed by atoms with Gasteiger partial charge in [0.15, 0.2) is 7.30 Å². The summed E-state index contributed by atoms with van der Waals surface area (Å²) in [4.78, 5) is 0. The fourth-order valence-electron chi connectivity index (χ4n) is 9.45. The van der Waals surface area contributed by atoms with Crippen molar-refractivity contribution in [3.8, 4) is 0 Å². The normalized spacial score (nSPS) is 37.3. The molecule has 6 aliphatic rings. The Morgan fingerprint density at radius 1 is 0.610 bits per heavy atom. The van der Waals surface area contributed by atoms with E-state index in [4.69, 9.17) is 53.0 Å². The van der Waals surface area contributed by atoms with E-state index in [-0.39, 0.29) is 21.1 Å². The van der Waals surface area contributed by atoms with Crippen molar-refractivity contribution in [2.45, 2.75) is 138 Å². The summed E-state index contributed by atoms with van der Waals surface area (Å²) in [5.41, 5.74) is 1.46. The minimum atomic E-state index is -5.42. The van der Waals surface area contributed by atoms with Gasteiger partial charge in [-0.2, -0.15) is 0 Å². The van der Waals surface area contributed by atoms with Crippen LogP contribution in [-0.4, -0.2) is 14.3 Å². The van der Waals surface area contributed by atoms with Crippen LogP contribution in [-0.2, 0) is 10.8 Å². The number of rotatable bonds is 1. The number of hydrogen-bond donors (Lipinski definition) is 0. The van der Waals surface area contributed by atoms with Crippen molar-refractivity contribution in [3.63, 3.8) is 0 Å². The maximum absolute atomic E-state index is 5.42. The van der Waals surface area contributed by atoms with Gasteiger partial charge in [-0.25, -0.2) is 0 Å². The zero-order valence-corrected chi connectivity index (χ0v) is 37.6. The van der Waals surface area contributed by atoms with Gasteiger partial charge in [0, 0.05) is 28.2 Å². The summed E-state index contributed by atoms with van der Waals surface area (Å²) in [6.45, 7) is 30.3. The second kappa shape index (κ2) is 9.59. The van der Waals surface area contributed by atoms with Crippen molar-refractivity contribution in [3.05, 3.63) is 21.2 Å². The monoisotopic (exact) mass is 866 g/mol. The Morgan fingerprint density at radius 2 is 0.976 bits per heavy atom. The third kappa shape index (κ3) is 6.25. The van der Waals surface area contributed by atoms with Crippen LogP contribution in [0.1, 0.15) is 132 Å². The molecule has 0 radical (unpaired) electrons. The average Bonchev–Trinajstić information content (AvgIpc) is 2.58. The van der Waals surface area contributed by atoms with Gasteiger partial charge in [0.05, 0.1) is 17.4 Å². The summed E-state index contributed by atoms with van der Waals surface area (Å²) in [7, 11) is 25.1. The maximum atomic E-state index is 5.06. The van der Waals surface area contributed by atoms with E-state index in [1.165, 1.54) is 0 Å². The average molecular weight is 870 g/mol. The van der Waals surface area contributed by atoms with Crippen LogP contribution >= 0.6 is 80.7 Å². The molecule has 41 heavy (non-hydrogen) atoms. The van der Waals surface area contributed by atoms with Crippen LogP contribution in [0.2, 0.25) is 0 Å². The third-order valence-corrected chi connectivity index (χ3v) is 51.6. The predicted octanol–water partition coefficient (Wildman–Crippen LogP) is 16.3. The molecule has 4 atom stereocenters. The van der Waals surface area contributed by atoms with Gasteiger partial charge < -0.3 is 0 Å². The number of fused-ring (bicyclic) bond motifs is 4. The summed E-state index contributed by atoms with van der Waals surface area (Å²) in [6, 6.07) is 0. The standard InChI is InChI=1S/C30H51P4.6ClH.Sb/c1-26(2,3)22-23(27(4,5)6)32-31(22)33-24(28(7,8)9)25(29(10,11)12)34(32,33)30-16-19-13-20(17-30)15-21(14-19)18-30;;;;;;;/h19-21H,13-18H2,1-12H3;6*1H;/q+1;;;;;;;+5/p-6. The first-order valence-corrected chi connectivity index (χ1v) is 43.2. The van der Waals surface area contributed by atoms with Crippen LogP contribution in [0.5, 0.6) is 0 Å². The topological polar surface area (TPSA) is 0 Å². The van der Waals surface area contributed by atoms with E-state index in [9.17, 15) is 0 Å². The van der Waals surface area contributed by atoms with Crippen molar-refractivity contribution in [1.82, 2.24) is 0 Å². The fraction of sp³-hybridized carbons (Fsp3) is 0.867. The van der Waals surface area contributed by atoms with Gasteiger partial charge in [0.25, 0.3) is 0 Å². The van der Waals surface area contributed by atoms with Gasteiger partial charge in [-0.15, -0.1) is 0 Å². The number of hydrogen-bond acceptors (Lipinski definition) is 0. The molecule has 0 spiro atoms. The molecule has 0 nitrogen and oxygen atoms in total. The van der Waals surface area contributed by atoms with Crippen molar-refractivity contribution >= 4 is 89.9 Å². The van der Waals surface area contributed by atoms with E-state index >= 15 is 0 Å². The molecule has 2 aliphatic heterocycles. The van der Waals surface area contributed by atoms with Crippen LogP contribution in [0.4, 0.5) is 0 Å². The molecule has 4 bridgehead atoms. The van der Waals surface area contributed by atoms with Gasteiger partial charge in [0.2, 0.25) is 0 Å². The van der Waals surface area contributed by atoms with Crippen molar-refractivity contribution in [2.75, 3.05) is 0 Å². The molecule has 0 saturated heterocycles. The van der Waals surface area contributed by atoms with Gasteiger partial charge in [-0.1, -0.05) is 83.1 Å². The van der Waals surface area contributed by atoms with Gasteiger partial charge in [-0.05, 0) is 72.5 Å². The first-order valence-electron chi connectivity index (χ1n) is 15.2. The second-order valence-electron chi connectivity index (χ2n) is 18.0. The van der Waals surface area contributed by atoms with E-state index in [1.807, 2.05) is 5.30 Å². The Balaban J connectivity index is 0.000000431. The molecule has 4 saturated carbocycles. The molecule has 1 aromatic heterocycles. The molecule has 0 amide bonds. The molecule has 238 valence electrons. The molecular weight excluding hydrogens is 819 g/mol. The zero-order chi connectivity index (χ0) is 31.4. The molecule has 4 aliphatic carbocycles. The fourth-order valence-corrected chi connectivity index (χ4v) is 71.0. The first kappa shape index (κ1) is 35.8. The zero-order valence-electron chi connectivity index (χ0n) is 27.0. The van der Waals surface area contributed by atoms with Gasteiger partial charge >= 0.3 is 62.1 Å². The van der Waals surface area contributed by atoms with E-state index in [1.54, 1.807) is 38.5 Å². The van der Waals surface area contributed by atoms with Gasteiger partial charge in [0.1, 0.15) is 6.64 Å². The van der Waals surface area contributed by atoms with Crippen LogP contribution in [0.15, 0.2) is 10.6 Å². The van der Waals surface area contributed by atoms with Crippen LogP contribution < -0.4 is 0 Å². The molecule has 0 aromatic carbocycles. The number of halogens is 6.